The van der Waals surface area contributed by atoms with Gasteiger partial charge in [-0.2, -0.15) is 0 Å². The van der Waals surface area contributed by atoms with E-state index in [1.54, 1.807) is 6.92 Å². The smallest absolute Gasteiger partial charge is 0.270 e. The molecule has 8 nitrogen and oxygen atoms in total. The summed E-state index contributed by atoms with van der Waals surface area (Å²) in [4.78, 5) is 22.1. The van der Waals surface area contributed by atoms with Gasteiger partial charge in [-0.3, -0.25) is 14.9 Å². The highest BCUT2D eigenvalue weighted by Gasteiger charge is 2.19. The normalized spacial score (nSPS) is 11.0. The Labute approximate surface area is 147 Å². The molecule has 0 unspecified atom stereocenters. The Hall–Kier alpha value is -2.65. The molecule has 0 aliphatic carbocycles. The van der Waals surface area contributed by atoms with Crippen molar-refractivity contribution in [2.75, 3.05) is 11.9 Å². The number of hydrogen-bond acceptors (Lipinski definition) is 6. The van der Waals surface area contributed by atoms with Crippen molar-refractivity contribution in [3.63, 3.8) is 0 Å². The number of ether oxygens (including phenoxy) is 1. The van der Waals surface area contributed by atoms with E-state index in [1.807, 2.05) is 0 Å². The summed E-state index contributed by atoms with van der Waals surface area (Å²) in [6.07, 6.45) is 0. The molecule has 2 aromatic carbocycles. The van der Waals surface area contributed by atoms with Gasteiger partial charge in [-0.15, -0.1) is 0 Å². The number of nitro groups is 1. The van der Waals surface area contributed by atoms with Gasteiger partial charge in [-0.1, -0.05) is 6.07 Å². The predicted molar refractivity (Wildman–Crippen MR) is 91.7 cm³/mol. The fourth-order valence-corrected chi connectivity index (χ4v) is 3.01. The van der Waals surface area contributed by atoms with Crippen LogP contribution in [0.1, 0.15) is 17.3 Å². The summed E-state index contributed by atoms with van der Waals surface area (Å²) in [6, 6.07) is 9.10. The molecule has 2 rings (SSSR count). The largest absolute Gasteiger partial charge is 0.492 e. The quantitative estimate of drug-likeness (QED) is 0.464. The van der Waals surface area contributed by atoms with Gasteiger partial charge in [0.2, 0.25) is 0 Å². The lowest BCUT2D eigenvalue weighted by molar-refractivity contribution is -0.384. The number of nitrogens with zero attached hydrogens (tertiary/aromatic N) is 1. The van der Waals surface area contributed by atoms with E-state index in [2.05, 4.69) is 5.32 Å². The molecule has 2 aromatic rings. The van der Waals surface area contributed by atoms with Gasteiger partial charge in [0.25, 0.3) is 20.6 Å². The number of amides is 1. The highest BCUT2D eigenvalue weighted by Crippen LogP contribution is 2.30. The maximum Gasteiger partial charge on any atom is 0.270 e. The summed E-state index contributed by atoms with van der Waals surface area (Å²) in [6.45, 7) is 1.92. The topological polar surface area (TPSA) is 116 Å². The first-order chi connectivity index (χ1) is 11.7. The number of carbonyl (C=O) groups excluding carboxylic acids is 1. The number of benzene rings is 2. The van der Waals surface area contributed by atoms with E-state index in [0.717, 1.165) is 12.1 Å². The van der Waals surface area contributed by atoms with Crippen molar-refractivity contribution in [3.05, 3.63) is 58.1 Å². The molecular weight excluding hydrogens is 372 g/mol. The Morgan fingerprint density at radius 2 is 2.00 bits per heavy atom. The Kier molecular flexibility index (Phi) is 5.60. The Morgan fingerprint density at radius 3 is 2.60 bits per heavy atom. The van der Waals surface area contributed by atoms with Crippen LogP contribution in [-0.2, 0) is 9.05 Å². The number of nitrogens with one attached hydrogen (secondary N) is 1. The van der Waals surface area contributed by atoms with Gasteiger partial charge < -0.3 is 10.1 Å². The molecule has 132 valence electrons. The Bertz CT molecular complexity index is 929. The highest BCUT2D eigenvalue weighted by atomic mass is 35.7. The molecule has 0 aliphatic rings. The zero-order valence-corrected chi connectivity index (χ0v) is 14.5. The molecule has 25 heavy (non-hydrogen) atoms. The molecule has 0 bridgehead atoms. The molecular formula is C15H13ClN2O6S. The third-order valence-corrected chi connectivity index (χ3v) is 4.43. The van der Waals surface area contributed by atoms with Gasteiger partial charge in [-0.25, -0.2) is 8.42 Å². The van der Waals surface area contributed by atoms with Gasteiger partial charge in [0, 0.05) is 34.1 Å². The molecule has 0 radical (unpaired) electrons. The van der Waals surface area contributed by atoms with E-state index in [4.69, 9.17) is 15.4 Å². The van der Waals surface area contributed by atoms with Crippen LogP contribution in [0.25, 0.3) is 0 Å². The maximum absolute atomic E-state index is 12.2. The second kappa shape index (κ2) is 7.49. The van der Waals surface area contributed by atoms with E-state index in [9.17, 15) is 23.3 Å². The molecule has 0 heterocycles. The van der Waals surface area contributed by atoms with Crippen LogP contribution in [-0.4, -0.2) is 25.9 Å². The molecule has 0 fully saturated rings. The van der Waals surface area contributed by atoms with Crippen LogP contribution in [0.4, 0.5) is 11.4 Å². The van der Waals surface area contributed by atoms with Crippen molar-refractivity contribution in [2.45, 2.75) is 11.8 Å². The zero-order valence-electron chi connectivity index (χ0n) is 12.9. The van der Waals surface area contributed by atoms with Crippen LogP contribution in [0, 0.1) is 10.1 Å². The third-order valence-electron chi connectivity index (χ3n) is 3.08. The van der Waals surface area contributed by atoms with Crippen LogP contribution in [0.2, 0.25) is 0 Å². The van der Waals surface area contributed by atoms with E-state index in [-0.39, 0.29) is 34.2 Å². The standard InChI is InChI=1S/C15H13ClN2O6S/c1-2-24-13-7-6-11(9-14(13)25(16,22)23)17-15(19)10-4-3-5-12(8-10)18(20)21/h3-9H,2H2,1H3,(H,17,19). The molecule has 0 aromatic heterocycles. The van der Waals surface area contributed by atoms with Crippen molar-refractivity contribution < 1.29 is 22.9 Å². The minimum Gasteiger partial charge on any atom is -0.492 e. The number of halogens is 1. The van der Waals surface area contributed by atoms with E-state index in [0.29, 0.717) is 0 Å². The summed E-state index contributed by atoms with van der Waals surface area (Å²) in [5.74, 6) is -0.573. The number of carbonyl (C=O) groups is 1. The minimum atomic E-state index is -4.09. The van der Waals surface area contributed by atoms with Gasteiger partial charge >= 0.3 is 0 Å². The molecule has 1 N–H and O–H groups in total. The summed E-state index contributed by atoms with van der Waals surface area (Å²) >= 11 is 0. The maximum atomic E-state index is 12.2. The molecule has 10 heteroatoms. The molecule has 0 aliphatic heterocycles. The SMILES string of the molecule is CCOc1ccc(NC(=O)c2cccc([N+](=O)[O-])c2)cc1S(=O)(=O)Cl. The lowest BCUT2D eigenvalue weighted by atomic mass is 10.2. The van der Waals surface area contributed by atoms with Crippen molar-refractivity contribution in [3.8, 4) is 5.75 Å². The highest BCUT2D eigenvalue weighted by molar-refractivity contribution is 8.13. The predicted octanol–water partition coefficient (Wildman–Crippen LogP) is 3.17. The van der Waals surface area contributed by atoms with Crippen LogP contribution in [0.15, 0.2) is 47.4 Å². The molecule has 0 atom stereocenters. The number of nitro benzene ring substituents is 1. The van der Waals surface area contributed by atoms with E-state index >= 15 is 0 Å². The summed E-state index contributed by atoms with van der Waals surface area (Å²) < 4.78 is 28.5. The van der Waals surface area contributed by atoms with E-state index in [1.165, 1.54) is 30.3 Å². The van der Waals surface area contributed by atoms with Gasteiger partial charge in [0.15, 0.2) is 0 Å². The first kappa shape index (κ1) is 18.7. The second-order valence-corrected chi connectivity index (χ2v) is 7.33. The molecule has 0 saturated heterocycles. The van der Waals surface area contributed by atoms with Crippen molar-refractivity contribution >= 4 is 37.0 Å². The third kappa shape index (κ3) is 4.68. The average molecular weight is 385 g/mol. The second-order valence-electron chi connectivity index (χ2n) is 4.79. The molecule has 1 amide bonds. The molecule has 0 spiro atoms. The summed E-state index contributed by atoms with van der Waals surface area (Å²) in [5, 5.41) is 13.2. The van der Waals surface area contributed by atoms with Gasteiger partial charge in [-0.05, 0) is 31.2 Å². The van der Waals surface area contributed by atoms with Gasteiger partial charge in [0.05, 0.1) is 11.5 Å². The lowest BCUT2D eigenvalue weighted by Crippen LogP contribution is -2.12. The van der Waals surface area contributed by atoms with Crippen LogP contribution in [0.3, 0.4) is 0 Å². The Balaban J connectivity index is 2.32. The number of hydrogen-bond donors (Lipinski definition) is 1. The fraction of sp³-hybridized carbons (Fsp3) is 0.133. The van der Waals surface area contributed by atoms with Crippen LogP contribution < -0.4 is 10.1 Å². The monoisotopic (exact) mass is 384 g/mol. The minimum absolute atomic E-state index is 0.0540. The summed E-state index contributed by atoms with van der Waals surface area (Å²) in [7, 11) is 1.30. The Morgan fingerprint density at radius 1 is 1.28 bits per heavy atom. The number of rotatable bonds is 6. The van der Waals surface area contributed by atoms with Crippen molar-refractivity contribution in [1.82, 2.24) is 0 Å². The number of anilines is 1. The molecule has 0 saturated carbocycles. The lowest BCUT2D eigenvalue weighted by Gasteiger charge is -2.11. The number of non-ortho nitro benzene ring substituents is 1. The average Bonchev–Trinajstić information content (AvgIpc) is 2.55. The fourth-order valence-electron chi connectivity index (χ4n) is 2.02. The van der Waals surface area contributed by atoms with Crippen LogP contribution in [0.5, 0.6) is 5.75 Å². The van der Waals surface area contributed by atoms with Crippen molar-refractivity contribution in [2.24, 2.45) is 0 Å². The first-order valence-corrected chi connectivity index (χ1v) is 9.30. The van der Waals surface area contributed by atoms with Crippen molar-refractivity contribution in [1.29, 1.82) is 0 Å². The summed E-state index contributed by atoms with van der Waals surface area (Å²) in [5.41, 5.74) is -0.0269. The van der Waals surface area contributed by atoms with Crippen LogP contribution >= 0.6 is 10.7 Å². The van der Waals surface area contributed by atoms with E-state index < -0.39 is 19.9 Å². The zero-order chi connectivity index (χ0) is 18.6. The first-order valence-electron chi connectivity index (χ1n) is 6.99. The van der Waals surface area contributed by atoms with Gasteiger partial charge in [0.1, 0.15) is 10.6 Å².